The second-order valence-electron chi connectivity index (χ2n) is 4.71. The molecule has 0 aromatic heterocycles. The van der Waals surface area contributed by atoms with E-state index in [0.717, 1.165) is 43.8 Å². The van der Waals surface area contributed by atoms with E-state index in [0.29, 0.717) is 0 Å². The van der Waals surface area contributed by atoms with Gasteiger partial charge >= 0.3 is 0 Å². The van der Waals surface area contributed by atoms with Crippen molar-refractivity contribution in [1.29, 1.82) is 0 Å². The molecule has 3 heteroatoms. The fourth-order valence-electron chi connectivity index (χ4n) is 1.84. The molecule has 1 heterocycles. The standard InChI is InChI=1S/C11H22NO2/c1-4-5-9-14-10-7-6-8-11(2,3)12(10)13/h10H,4-9H2,1-3H3. The molecule has 0 N–H and O–H groups in total. The van der Waals surface area contributed by atoms with Crippen molar-refractivity contribution in [2.45, 2.75) is 64.6 Å². The zero-order valence-corrected chi connectivity index (χ0v) is 9.58. The van der Waals surface area contributed by atoms with Gasteiger partial charge < -0.3 is 4.74 Å². The summed E-state index contributed by atoms with van der Waals surface area (Å²) in [6.07, 6.45) is 4.92. The van der Waals surface area contributed by atoms with Crippen LogP contribution < -0.4 is 0 Å². The summed E-state index contributed by atoms with van der Waals surface area (Å²) >= 11 is 0. The summed E-state index contributed by atoms with van der Waals surface area (Å²) in [5.74, 6) is 0. The molecule has 0 bridgehead atoms. The topological polar surface area (TPSA) is 32.4 Å². The van der Waals surface area contributed by atoms with Gasteiger partial charge in [-0.3, -0.25) is 0 Å². The minimum Gasteiger partial charge on any atom is -0.361 e. The first-order valence-corrected chi connectivity index (χ1v) is 5.66. The van der Waals surface area contributed by atoms with Crippen molar-refractivity contribution in [1.82, 2.24) is 5.06 Å². The van der Waals surface area contributed by atoms with Crippen LogP contribution in [0, 0.1) is 0 Å². The van der Waals surface area contributed by atoms with E-state index in [2.05, 4.69) is 6.92 Å². The Bertz CT molecular complexity index is 171. The Morgan fingerprint density at radius 3 is 2.86 bits per heavy atom. The van der Waals surface area contributed by atoms with E-state index in [-0.39, 0.29) is 11.8 Å². The number of rotatable bonds is 4. The third-order valence-electron chi connectivity index (χ3n) is 2.91. The van der Waals surface area contributed by atoms with E-state index in [1.807, 2.05) is 13.8 Å². The lowest BCUT2D eigenvalue weighted by Crippen LogP contribution is -2.51. The van der Waals surface area contributed by atoms with Gasteiger partial charge in [-0.25, -0.2) is 0 Å². The fraction of sp³-hybridized carbons (Fsp3) is 1.00. The second kappa shape index (κ2) is 5.10. The predicted molar refractivity (Wildman–Crippen MR) is 55.1 cm³/mol. The van der Waals surface area contributed by atoms with Crippen LogP contribution in [0.4, 0.5) is 0 Å². The molecule has 1 aliphatic rings. The van der Waals surface area contributed by atoms with Crippen molar-refractivity contribution < 1.29 is 9.94 Å². The van der Waals surface area contributed by atoms with Gasteiger partial charge in [0.2, 0.25) is 0 Å². The molecule has 1 aliphatic heterocycles. The van der Waals surface area contributed by atoms with E-state index in [1.54, 1.807) is 0 Å². The smallest absolute Gasteiger partial charge is 0.136 e. The average molecular weight is 200 g/mol. The van der Waals surface area contributed by atoms with E-state index in [4.69, 9.17) is 4.74 Å². The molecular weight excluding hydrogens is 178 g/mol. The number of hydroxylamine groups is 2. The van der Waals surface area contributed by atoms with Gasteiger partial charge in [-0.2, -0.15) is 0 Å². The van der Waals surface area contributed by atoms with E-state index < -0.39 is 0 Å². The lowest BCUT2D eigenvalue weighted by atomic mass is 9.92. The first kappa shape index (κ1) is 12.0. The van der Waals surface area contributed by atoms with Crippen LogP contribution in [0.3, 0.4) is 0 Å². The van der Waals surface area contributed by atoms with Crippen LogP contribution in [-0.4, -0.2) is 23.4 Å². The van der Waals surface area contributed by atoms with Crippen LogP contribution in [0.2, 0.25) is 0 Å². The minimum absolute atomic E-state index is 0.203. The molecule has 0 spiro atoms. The van der Waals surface area contributed by atoms with Gasteiger partial charge in [-0.05, 0) is 39.5 Å². The van der Waals surface area contributed by atoms with E-state index in [1.165, 1.54) is 0 Å². The molecule has 1 radical (unpaired) electrons. The maximum absolute atomic E-state index is 11.8. The summed E-state index contributed by atoms with van der Waals surface area (Å²) < 4.78 is 5.58. The molecule has 0 saturated carbocycles. The zero-order valence-electron chi connectivity index (χ0n) is 9.58. The van der Waals surface area contributed by atoms with Crippen LogP contribution in [0.1, 0.15) is 52.9 Å². The summed E-state index contributed by atoms with van der Waals surface area (Å²) in [7, 11) is 0. The predicted octanol–water partition coefficient (Wildman–Crippen LogP) is 2.74. The second-order valence-corrected chi connectivity index (χ2v) is 4.71. The first-order valence-electron chi connectivity index (χ1n) is 5.66. The third kappa shape index (κ3) is 2.94. The SMILES string of the molecule is CCCCOC1CCCC(C)(C)N1[O]. The lowest BCUT2D eigenvalue weighted by molar-refractivity contribution is -0.316. The van der Waals surface area contributed by atoms with Gasteiger partial charge in [-0.1, -0.05) is 13.3 Å². The normalized spacial score (nSPS) is 27.9. The van der Waals surface area contributed by atoms with E-state index >= 15 is 0 Å². The molecule has 83 valence electrons. The van der Waals surface area contributed by atoms with Crippen molar-refractivity contribution in [2.24, 2.45) is 0 Å². The summed E-state index contributed by atoms with van der Waals surface area (Å²) in [6, 6.07) is 0. The molecule has 0 aromatic carbocycles. The highest BCUT2D eigenvalue weighted by molar-refractivity contribution is 4.82. The molecular formula is C11H22NO2. The average Bonchev–Trinajstić information content (AvgIpc) is 2.13. The molecule has 0 aliphatic carbocycles. The minimum atomic E-state index is -0.241. The zero-order chi connectivity index (χ0) is 10.6. The summed E-state index contributed by atoms with van der Waals surface area (Å²) in [4.78, 5) is 0. The lowest BCUT2D eigenvalue weighted by Gasteiger charge is -2.41. The Balaban J connectivity index is 2.36. The monoisotopic (exact) mass is 200 g/mol. The van der Waals surface area contributed by atoms with Crippen molar-refractivity contribution in [3.8, 4) is 0 Å². The Morgan fingerprint density at radius 2 is 2.21 bits per heavy atom. The quantitative estimate of drug-likeness (QED) is 0.654. The number of hydrogen-bond donors (Lipinski definition) is 0. The van der Waals surface area contributed by atoms with Gasteiger partial charge in [0, 0.05) is 12.1 Å². The molecule has 0 aromatic rings. The van der Waals surface area contributed by atoms with Crippen LogP contribution >= 0.6 is 0 Å². The van der Waals surface area contributed by atoms with Crippen molar-refractivity contribution in [3.63, 3.8) is 0 Å². The van der Waals surface area contributed by atoms with Crippen LogP contribution in [0.5, 0.6) is 0 Å². The first-order chi connectivity index (χ1) is 6.58. The number of hydrogen-bond acceptors (Lipinski definition) is 2. The Hall–Kier alpha value is -0.120. The van der Waals surface area contributed by atoms with Crippen molar-refractivity contribution >= 4 is 0 Å². The summed E-state index contributed by atoms with van der Waals surface area (Å²) in [5, 5.41) is 13.0. The van der Waals surface area contributed by atoms with Crippen LogP contribution in [0.15, 0.2) is 0 Å². The van der Waals surface area contributed by atoms with Crippen LogP contribution in [0.25, 0.3) is 0 Å². The third-order valence-corrected chi connectivity index (χ3v) is 2.91. The van der Waals surface area contributed by atoms with Gasteiger partial charge in [0.15, 0.2) is 0 Å². The molecule has 1 saturated heterocycles. The molecule has 1 rings (SSSR count). The van der Waals surface area contributed by atoms with Gasteiger partial charge in [0.25, 0.3) is 0 Å². The highest BCUT2D eigenvalue weighted by Gasteiger charge is 2.37. The molecule has 1 fully saturated rings. The van der Waals surface area contributed by atoms with Crippen LogP contribution in [-0.2, 0) is 9.94 Å². The Labute approximate surface area is 87.0 Å². The molecule has 1 atom stereocenters. The molecule has 3 nitrogen and oxygen atoms in total. The largest absolute Gasteiger partial charge is 0.361 e. The number of ether oxygens (including phenoxy) is 1. The van der Waals surface area contributed by atoms with Gasteiger partial charge in [-0.15, -0.1) is 10.3 Å². The van der Waals surface area contributed by atoms with Gasteiger partial charge in [0.1, 0.15) is 6.23 Å². The van der Waals surface area contributed by atoms with E-state index in [9.17, 15) is 5.21 Å². The maximum Gasteiger partial charge on any atom is 0.136 e. The Kier molecular flexibility index (Phi) is 4.35. The number of unbranched alkanes of at least 4 members (excludes halogenated alkanes) is 1. The molecule has 14 heavy (non-hydrogen) atoms. The maximum atomic E-state index is 11.8. The number of piperidine rings is 1. The van der Waals surface area contributed by atoms with Crippen molar-refractivity contribution in [3.05, 3.63) is 0 Å². The summed E-state index contributed by atoms with van der Waals surface area (Å²) in [5.41, 5.74) is -0.241. The fourth-order valence-corrected chi connectivity index (χ4v) is 1.84. The van der Waals surface area contributed by atoms with Gasteiger partial charge in [0.05, 0.1) is 0 Å². The highest BCUT2D eigenvalue weighted by Crippen LogP contribution is 2.30. The molecule has 0 amide bonds. The highest BCUT2D eigenvalue weighted by atomic mass is 16.6. The number of nitrogens with zero attached hydrogens (tertiary/aromatic N) is 1. The van der Waals surface area contributed by atoms with Crippen molar-refractivity contribution in [2.75, 3.05) is 6.61 Å². The summed E-state index contributed by atoms with van der Waals surface area (Å²) in [6.45, 7) is 6.84. The Morgan fingerprint density at radius 1 is 1.50 bits per heavy atom. The molecule has 1 unspecified atom stereocenters.